The fourth-order valence-corrected chi connectivity index (χ4v) is 2.84. The molecule has 0 aromatic heterocycles. The summed E-state index contributed by atoms with van der Waals surface area (Å²) in [5.41, 5.74) is 2.77. The molecule has 1 heterocycles. The Balaban J connectivity index is 2.38. The molecule has 1 amide bonds. The molecule has 0 aliphatic carbocycles. The molecule has 1 aliphatic rings. The Bertz CT molecular complexity index is 658. The number of rotatable bonds is 5. The molecule has 5 heteroatoms. The number of amides is 1. The van der Waals surface area contributed by atoms with Gasteiger partial charge in [-0.15, -0.1) is 0 Å². The van der Waals surface area contributed by atoms with Crippen LogP contribution in [0.15, 0.2) is 53.4 Å². The predicted octanol–water partition coefficient (Wildman–Crippen LogP) is 2.52. The van der Waals surface area contributed by atoms with Crippen LogP contribution in [0.4, 0.5) is 0 Å². The second-order valence-corrected chi connectivity index (χ2v) is 5.97. The van der Waals surface area contributed by atoms with E-state index in [9.17, 15) is 14.7 Å². The molecule has 2 N–H and O–H groups in total. The molecule has 0 saturated heterocycles. The summed E-state index contributed by atoms with van der Waals surface area (Å²) < 4.78 is 0. The topological polar surface area (TPSA) is 69.6 Å². The molecule has 5 nitrogen and oxygen atoms in total. The summed E-state index contributed by atoms with van der Waals surface area (Å²) in [6, 6.07) is 9.71. The zero-order valence-electron chi connectivity index (χ0n) is 13.7. The van der Waals surface area contributed by atoms with Crippen molar-refractivity contribution in [3.8, 4) is 0 Å². The summed E-state index contributed by atoms with van der Waals surface area (Å²) in [4.78, 5) is 25.1. The first-order valence-electron chi connectivity index (χ1n) is 7.57. The number of allylic oxidation sites excluding steroid dienone is 1. The highest BCUT2D eigenvalue weighted by Gasteiger charge is 2.34. The maximum atomic E-state index is 11.8. The Kier molecular flexibility index (Phi) is 5.21. The number of aliphatic carboxylic acids is 1. The highest BCUT2D eigenvalue weighted by Crippen LogP contribution is 2.30. The lowest BCUT2D eigenvalue weighted by Gasteiger charge is -2.20. The normalized spacial score (nSPS) is 17.2. The van der Waals surface area contributed by atoms with Crippen LogP contribution in [0.5, 0.6) is 0 Å². The Morgan fingerprint density at radius 3 is 2.43 bits per heavy atom. The number of carboxylic acids is 1. The summed E-state index contributed by atoms with van der Waals surface area (Å²) in [5.74, 6) is -1.40. The molecule has 0 bridgehead atoms. The molecule has 122 valence electrons. The van der Waals surface area contributed by atoms with Gasteiger partial charge in [0.2, 0.25) is 5.91 Å². The summed E-state index contributed by atoms with van der Waals surface area (Å²) in [6.45, 7) is 6.36. The van der Waals surface area contributed by atoms with Crippen molar-refractivity contribution in [3.05, 3.63) is 58.9 Å². The summed E-state index contributed by atoms with van der Waals surface area (Å²) >= 11 is 0. The molecule has 2 rings (SSSR count). The van der Waals surface area contributed by atoms with E-state index in [1.165, 1.54) is 6.92 Å². The van der Waals surface area contributed by atoms with Crippen LogP contribution in [0.25, 0.3) is 0 Å². The zero-order valence-corrected chi connectivity index (χ0v) is 13.7. The van der Waals surface area contributed by atoms with Crippen LogP contribution in [0.2, 0.25) is 0 Å². The van der Waals surface area contributed by atoms with Crippen LogP contribution in [-0.2, 0) is 16.1 Å². The van der Waals surface area contributed by atoms with Crippen molar-refractivity contribution >= 4 is 11.9 Å². The molecule has 1 atom stereocenters. The van der Waals surface area contributed by atoms with Crippen molar-refractivity contribution in [3.63, 3.8) is 0 Å². The predicted molar refractivity (Wildman–Crippen MR) is 88.3 cm³/mol. The van der Waals surface area contributed by atoms with E-state index in [-0.39, 0.29) is 17.5 Å². The van der Waals surface area contributed by atoms with Crippen molar-refractivity contribution in [2.75, 3.05) is 6.54 Å². The van der Waals surface area contributed by atoms with E-state index in [1.807, 2.05) is 55.2 Å². The quantitative estimate of drug-likeness (QED) is 0.819. The van der Waals surface area contributed by atoms with Crippen LogP contribution < -0.4 is 5.32 Å². The van der Waals surface area contributed by atoms with Gasteiger partial charge in [0, 0.05) is 25.9 Å². The second-order valence-electron chi connectivity index (χ2n) is 5.97. The van der Waals surface area contributed by atoms with E-state index in [0.29, 0.717) is 18.8 Å². The van der Waals surface area contributed by atoms with Gasteiger partial charge in [-0.3, -0.25) is 4.79 Å². The van der Waals surface area contributed by atoms with Gasteiger partial charge in [-0.05, 0) is 19.4 Å². The summed E-state index contributed by atoms with van der Waals surface area (Å²) in [5, 5.41) is 12.3. The molecule has 0 fully saturated rings. The van der Waals surface area contributed by atoms with Gasteiger partial charge in [-0.2, -0.15) is 0 Å². The lowest BCUT2D eigenvalue weighted by molar-refractivity contribution is -0.134. The van der Waals surface area contributed by atoms with E-state index in [1.54, 1.807) is 0 Å². The van der Waals surface area contributed by atoms with Gasteiger partial charge >= 0.3 is 5.97 Å². The Morgan fingerprint density at radius 1 is 1.26 bits per heavy atom. The average Bonchev–Trinajstić information content (AvgIpc) is 2.76. The van der Waals surface area contributed by atoms with Gasteiger partial charge < -0.3 is 15.3 Å². The molecule has 1 aliphatic heterocycles. The minimum absolute atomic E-state index is 0.126. The molecule has 0 saturated carbocycles. The number of hydrogen-bond acceptors (Lipinski definition) is 3. The average molecular weight is 314 g/mol. The number of hydrogen-bond donors (Lipinski definition) is 2. The number of nitrogens with zero attached hydrogens (tertiary/aromatic N) is 1. The highest BCUT2D eigenvalue weighted by atomic mass is 16.4. The van der Waals surface area contributed by atoms with Gasteiger partial charge in [0.1, 0.15) is 5.70 Å². The van der Waals surface area contributed by atoms with Crippen molar-refractivity contribution in [1.29, 1.82) is 0 Å². The van der Waals surface area contributed by atoms with Gasteiger partial charge in [-0.25, -0.2) is 4.79 Å². The molecule has 0 spiro atoms. The standard InChI is InChI=1S/C18H22N2O3/c1-12(2)9-15-11-20(10-14-7-5-4-6-8-14)17(18(22)23)16(15)19-13(3)21/h4-9,15H,10-11H2,1-3H3,(H,19,21)(H,22,23). The Hall–Kier alpha value is -2.56. The van der Waals surface area contributed by atoms with E-state index in [4.69, 9.17) is 0 Å². The molecule has 1 aromatic carbocycles. The first kappa shape index (κ1) is 16.8. The zero-order chi connectivity index (χ0) is 17.0. The molecule has 23 heavy (non-hydrogen) atoms. The number of carboxylic acid groups (broad SMARTS) is 1. The van der Waals surface area contributed by atoms with Crippen molar-refractivity contribution in [1.82, 2.24) is 10.2 Å². The molecule has 1 aromatic rings. The fourth-order valence-electron chi connectivity index (χ4n) is 2.84. The first-order chi connectivity index (χ1) is 10.9. The van der Waals surface area contributed by atoms with Crippen LogP contribution >= 0.6 is 0 Å². The third-order valence-electron chi connectivity index (χ3n) is 3.62. The minimum Gasteiger partial charge on any atom is -0.477 e. The second kappa shape index (κ2) is 7.13. The van der Waals surface area contributed by atoms with Crippen LogP contribution in [0, 0.1) is 5.92 Å². The maximum Gasteiger partial charge on any atom is 0.354 e. The molecular formula is C18H22N2O3. The maximum absolute atomic E-state index is 11.8. The van der Waals surface area contributed by atoms with E-state index < -0.39 is 5.97 Å². The van der Waals surface area contributed by atoms with Gasteiger partial charge in [0.15, 0.2) is 0 Å². The van der Waals surface area contributed by atoms with Gasteiger partial charge in [-0.1, -0.05) is 42.0 Å². The van der Waals surface area contributed by atoms with Crippen molar-refractivity contribution in [2.24, 2.45) is 5.92 Å². The highest BCUT2D eigenvalue weighted by molar-refractivity contribution is 5.89. The molecule has 1 unspecified atom stereocenters. The van der Waals surface area contributed by atoms with Gasteiger partial charge in [0.05, 0.1) is 5.70 Å². The van der Waals surface area contributed by atoms with Crippen LogP contribution in [-0.4, -0.2) is 28.4 Å². The Labute approximate surface area is 136 Å². The minimum atomic E-state index is -1.02. The third-order valence-corrected chi connectivity index (χ3v) is 3.62. The van der Waals surface area contributed by atoms with Crippen LogP contribution in [0.3, 0.4) is 0 Å². The lowest BCUT2D eigenvalue weighted by Crippen LogP contribution is -2.26. The number of benzene rings is 1. The largest absolute Gasteiger partial charge is 0.477 e. The summed E-state index contributed by atoms with van der Waals surface area (Å²) in [6.07, 6.45) is 2.00. The third kappa shape index (κ3) is 4.22. The van der Waals surface area contributed by atoms with Crippen molar-refractivity contribution in [2.45, 2.75) is 27.3 Å². The Morgan fingerprint density at radius 2 is 1.91 bits per heavy atom. The molecule has 0 radical (unpaired) electrons. The summed E-state index contributed by atoms with van der Waals surface area (Å²) in [7, 11) is 0. The number of nitrogens with one attached hydrogen (secondary N) is 1. The smallest absolute Gasteiger partial charge is 0.354 e. The number of carbonyl (C=O) groups is 2. The number of carbonyl (C=O) groups excluding carboxylic acids is 1. The lowest BCUT2D eigenvalue weighted by atomic mass is 10.0. The van der Waals surface area contributed by atoms with Gasteiger partial charge in [0.25, 0.3) is 0 Å². The van der Waals surface area contributed by atoms with E-state index >= 15 is 0 Å². The van der Waals surface area contributed by atoms with E-state index in [0.717, 1.165) is 11.1 Å². The fraction of sp³-hybridized carbons (Fsp3) is 0.333. The van der Waals surface area contributed by atoms with Crippen molar-refractivity contribution < 1.29 is 14.7 Å². The van der Waals surface area contributed by atoms with E-state index in [2.05, 4.69) is 5.32 Å². The SMILES string of the molecule is CC(=O)NC1=C(C(=O)O)N(Cc2ccccc2)CC1C=C(C)C. The monoisotopic (exact) mass is 314 g/mol. The first-order valence-corrected chi connectivity index (χ1v) is 7.57. The molecular weight excluding hydrogens is 292 g/mol. The van der Waals surface area contributed by atoms with Crippen LogP contribution in [0.1, 0.15) is 26.3 Å².